The monoisotopic (exact) mass is 426 g/mol. The SMILES string of the molecule is CC1CCC(N(C(=O)c2csnn2)C(C(=O)NC2CCCC2)c2ccccc2)CC1. The Morgan fingerprint density at radius 3 is 2.40 bits per heavy atom. The summed E-state index contributed by atoms with van der Waals surface area (Å²) in [6.45, 7) is 2.26. The van der Waals surface area contributed by atoms with E-state index >= 15 is 0 Å². The predicted octanol–water partition coefficient (Wildman–Crippen LogP) is 4.36. The Morgan fingerprint density at radius 1 is 1.07 bits per heavy atom. The van der Waals surface area contributed by atoms with Crippen LogP contribution in [0, 0.1) is 5.92 Å². The van der Waals surface area contributed by atoms with Crippen LogP contribution in [0.25, 0.3) is 0 Å². The van der Waals surface area contributed by atoms with Gasteiger partial charge in [-0.05, 0) is 61.5 Å². The number of hydrogen-bond donors (Lipinski definition) is 1. The highest BCUT2D eigenvalue weighted by Crippen LogP contribution is 2.34. The average Bonchev–Trinajstić information content (AvgIpc) is 3.47. The van der Waals surface area contributed by atoms with E-state index in [2.05, 4.69) is 21.8 Å². The van der Waals surface area contributed by atoms with Gasteiger partial charge in [0, 0.05) is 17.5 Å². The lowest BCUT2D eigenvalue weighted by Gasteiger charge is -2.40. The van der Waals surface area contributed by atoms with Crippen LogP contribution in [0.15, 0.2) is 35.7 Å². The van der Waals surface area contributed by atoms with Crippen molar-refractivity contribution in [3.05, 3.63) is 47.0 Å². The normalized spacial score (nSPS) is 23.1. The number of carbonyl (C=O) groups is 2. The first-order valence-corrected chi connectivity index (χ1v) is 11.9. The van der Waals surface area contributed by atoms with Crippen LogP contribution in [-0.2, 0) is 4.79 Å². The summed E-state index contributed by atoms with van der Waals surface area (Å²) in [5.41, 5.74) is 1.18. The molecule has 2 aromatic rings. The Balaban J connectivity index is 1.69. The molecule has 1 aromatic carbocycles. The summed E-state index contributed by atoms with van der Waals surface area (Å²) in [4.78, 5) is 29.0. The van der Waals surface area contributed by atoms with Crippen molar-refractivity contribution in [1.82, 2.24) is 19.8 Å². The van der Waals surface area contributed by atoms with Gasteiger partial charge in [-0.3, -0.25) is 9.59 Å². The number of nitrogens with one attached hydrogen (secondary N) is 1. The van der Waals surface area contributed by atoms with E-state index in [0.717, 1.165) is 56.9 Å². The maximum Gasteiger partial charge on any atom is 0.276 e. The maximum absolute atomic E-state index is 13.6. The lowest BCUT2D eigenvalue weighted by Crippen LogP contribution is -2.51. The zero-order chi connectivity index (χ0) is 20.9. The van der Waals surface area contributed by atoms with Gasteiger partial charge in [-0.25, -0.2) is 0 Å². The van der Waals surface area contributed by atoms with Crippen molar-refractivity contribution in [2.45, 2.75) is 76.4 Å². The molecule has 2 aliphatic rings. The van der Waals surface area contributed by atoms with Crippen molar-refractivity contribution in [3.8, 4) is 0 Å². The fourth-order valence-electron chi connectivity index (χ4n) is 4.83. The number of hydrogen-bond acceptors (Lipinski definition) is 5. The number of aromatic nitrogens is 2. The molecule has 160 valence electrons. The summed E-state index contributed by atoms with van der Waals surface area (Å²) < 4.78 is 3.89. The van der Waals surface area contributed by atoms with Gasteiger partial charge in [0.15, 0.2) is 5.69 Å². The lowest BCUT2D eigenvalue weighted by atomic mass is 9.85. The third-order valence-corrected chi connectivity index (χ3v) is 7.04. The van der Waals surface area contributed by atoms with Crippen molar-refractivity contribution < 1.29 is 9.59 Å². The Morgan fingerprint density at radius 2 is 1.77 bits per heavy atom. The maximum atomic E-state index is 13.6. The molecule has 2 fully saturated rings. The van der Waals surface area contributed by atoms with Gasteiger partial charge in [-0.1, -0.05) is 54.6 Å². The van der Waals surface area contributed by atoms with Gasteiger partial charge in [-0.15, -0.1) is 5.10 Å². The molecule has 0 saturated heterocycles. The summed E-state index contributed by atoms with van der Waals surface area (Å²) >= 11 is 1.17. The Kier molecular flexibility index (Phi) is 6.77. The van der Waals surface area contributed by atoms with Crippen LogP contribution in [0.1, 0.15) is 80.4 Å². The fraction of sp³-hybridized carbons (Fsp3) is 0.565. The minimum absolute atomic E-state index is 0.0231. The molecule has 0 spiro atoms. The van der Waals surface area contributed by atoms with E-state index in [4.69, 9.17) is 0 Å². The molecule has 2 aliphatic carbocycles. The van der Waals surface area contributed by atoms with Crippen LogP contribution in [0.3, 0.4) is 0 Å². The second-order valence-electron chi connectivity index (χ2n) is 8.72. The van der Waals surface area contributed by atoms with Gasteiger partial charge >= 0.3 is 0 Å². The van der Waals surface area contributed by atoms with E-state index in [0.29, 0.717) is 11.6 Å². The first-order valence-electron chi connectivity index (χ1n) is 11.1. The summed E-state index contributed by atoms with van der Waals surface area (Å²) in [6, 6.07) is 9.27. The van der Waals surface area contributed by atoms with Gasteiger partial charge < -0.3 is 10.2 Å². The van der Waals surface area contributed by atoms with E-state index in [-0.39, 0.29) is 23.9 Å². The number of benzene rings is 1. The highest BCUT2D eigenvalue weighted by molar-refractivity contribution is 7.03. The van der Waals surface area contributed by atoms with E-state index in [1.165, 1.54) is 11.5 Å². The number of amides is 2. The first kappa shape index (κ1) is 21.0. The minimum Gasteiger partial charge on any atom is -0.351 e. The van der Waals surface area contributed by atoms with Gasteiger partial charge in [0.25, 0.3) is 5.91 Å². The summed E-state index contributed by atoms with van der Waals surface area (Å²) in [5, 5.41) is 8.95. The molecule has 1 N–H and O–H groups in total. The number of nitrogens with zero attached hydrogens (tertiary/aromatic N) is 3. The summed E-state index contributed by atoms with van der Waals surface area (Å²) in [5.74, 6) is 0.378. The van der Waals surface area contributed by atoms with Crippen molar-refractivity contribution in [2.75, 3.05) is 0 Å². The van der Waals surface area contributed by atoms with Crippen molar-refractivity contribution in [2.24, 2.45) is 5.92 Å². The number of rotatable bonds is 6. The van der Waals surface area contributed by atoms with Crippen LogP contribution in [-0.4, -0.2) is 38.4 Å². The Labute approximate surface area is 182 Å². The Bertz CT molecular complexity index is 828. The molecular weight excluding hydrogens is 396 g/mol. The summed E-state index contributed by atoms with van der Waals surface area (Å²) in [7, 11) is 0. The molecule has 1 atom stereocenters. The van der Waals surface area contributed by atoms with Gasteiger partial charge in [0.1, 0.15) is 6.04 Å². The van der Waals surface area contributed by atoms with Crippen LogP contribution < -0.4 is 5.32 Å². The van der Waals surface area contributed by atoms with E-state index in [9.17, 15) is 9.59 Å². The molecule has 1 aromatic heterocycles. The van der Waals surface area contributed by atoms with Crippen LogP contribution in [0.5, 0.6) is 0 Å². The molecule has 2 amide bonds. The molecule has 0 bridgehead atoms. The van der Waals surface area contributed by atoms with Gasteiger partial charge in [-0.2, -0.15) is 0 Å². The summed E-state index contributed by atoms with van der Waals surface area (Å²) in [6.07, 6.45) is 8.26. The van der Waals surface area contributed by atoms with E-state index in [1.807, 2.05) is 35.2 Å². The molecule has 30 heavy (non-hydrogen) atoms. The third-order valence-electron chi connectivity index (χ3n) is 6.54. The smallest absolute Gasteiger partial charge is 0.276 e. The van der Waals surface area contributed by atoms with Crippen LogP contribution in [0.2, 0.25) is 0 Å². The molecule has 2 saturated carbocycles. The van der Waals surface area contributed by atoms with Crippen LogP contribution >= 0.6 is 11.5 Å². The average molecular weight is 427 g/mol. The molecule has 0 radical (unpaired) electrons. The lowest BCUT2D eigenvalue weighted by molar-refractivity contribution is -0.127. The zero-order valence-electron chi connectivity index (χ0n) is 17.5. The topological polar surface area (TPSA) is 75.2 Å². The standard InChI is InChI=1S/C23H30N4O2S/c1-16-11-13-19(14-12-16)27(23(29)20-15-30-26-25-20)21(17-7-3-2-4-8-17)22(28)24-18-9-5-6-10-18/h2-4,7-8,15-16,18-19,21H,5-6,9-14H2,1H3,(H,24,28). The quantitative estimate of drug-likeness (QED) is 0.745. The fourth-order valence-corrected chi connectivity index (χ4v) is 5.26. The second kappa shape index (κ2) is 9.69. The molecule has 4 rings (SSSR count). The number of carbonyl (C=O) groups excluding carboxylic acids is 2. The van der Waals surface area contributed by atoms with Crippen molar-refractivity contribution in [1.29, 1.82) is 0 Å². The van der Waals surface area contributed by atoms with E-state index < -0.39 is 6.04 Å². The third kappa shape index (κ3) is 4.72. The molecule has 7 heteroatoms. The van der Waals surface area contributed by atoms with Gasteiger partial charge in [0.2, 0.25) is 5.91 Å². The highest BCUT2D eigenvalue weighted by Gasteiger charge is 2.39. The molecule has 6 nitrogen and oxygen atoms in total. The van der Waals surface area contributed by atoms with Crippen LogP contribution in [0.4, 0.5) is 0 Å². The second-order valence-corrected chi connectivity index (χ2v) is 9.33. The molecular formula is C23H30N4O2S. The highest BCUT2D eigenvalue weighted by atomic mass is 32.1. The predicted molar refractivity (Wildman–Crippen MR) is 117 cm³/mol. The molecule has 1 heterocycles. The van der Waals surface area contributed by atoms with Crippen molar-refractivity contribution in [3.63, 3.8) is 0 Å². The van der Waals surface area contributed by atoms with Crippen molar-refractivity contribution >= 4 is 23.3 Å². The molecule has 1 unspecified atom stereocenters. The zero-order valence-corrected chi connectivity index (χ0v) is 18.3. The first-order chi connectivity index (χ1) is 14.6. The van der Waals surface area contributed by atoms with Gasteiger partial charge in [0.05, 0.1) is 0 Å². The Hall–Kier alpha value is -2.28. The van der Waals surface area contributed by atoms with E-state index in [1.54, 1.807) is 5.38 Å². The molecule has 0 aliphatic heterocycles. The largest absolute Gasteiger partial charge is 0.351 e. The minimum atomic E-state index is -0.653.